The number of nitrogens with one attached hydrogen (secondary N) is 1. The molecular weight excluding hydrogens is 426 g/mol. The van der Waals surface area contributed by atoms with E-state index in [4.69, 9.17) is 0 Å². The Bertz CT molecular complexity index is 925. The van der Waals surface area contributed by atoms with Crippen LogP contribution in [0.2, 0.25) is 0 Å². The summed E-state index contributed by atoms with van der Waals surface area (Å²) in [5.74, 6) is -1.48. The second kappa shape index (κ2) is 8.35. The summed E-state index contributed by atoms with van der Waals surface area (Å²) in [5, 5.41) is 2.72. The first-order valence-electron chi connectivity index (χ1n) is 8.62. The first kappa shape index (κ1) is 19.8. The standard InChI is InChI=1S/C20H18BrN3O4/c1-23(12-17(25)22-16-9-5-4-8-15(16)21)18(26)10-11-24-19(27)13-6-2-3-7-14(13)20(24)28/h2-9H,10-12H2,1H3,(H,22,25). The van der Waals surface area contributed by atoms with Crippen LogP contribution in [0.1, 0.15) is 27.1 Å². The second-order valence-electron chi connectivity index (χ2n) is 6.34. The summed E-state index contributed by atoms with van der Waals surface area (Å²) in [7, 11) is 1.50. The molecule has 2 aromatic rings. The normalized spacial score (nSPS) is 12.7. The van der Waals surface area contributed by atoms with E-state index in [1.807, 2.05) is 6.07 Å². The topological polar surface area (TPSA) is 86.8 Å². The van der Waals surface area contributed by atoms with Crippen molar-refractivity contribution in [1.29, 1.82) is 0 Å². The highest BCUT2D eigenvalue weighted by molar-refractivity contribution is 9.10. The zero-order valence-corrected chi connectivity index (χ0v) is 16.7. The van der Waals surface area contributed by atoms with Crippen LogP contribution in [0, 0.1) is 0 Å². The number of rotatable bonds is 6. The molecule has 1 aliphatic heterocycles. The third kappa shape index (κ3) is 4.12. The largest absolute Gasteiger partial charge is 0.336 e. The van der Waals surface area contributed by atoms with Crippen molar-refractivity contribution in [1.82, 2.24) is 9.80 Å². The van der Waals surface area contributed by atoms with Gasteiger partial charge in [0.05, 0.1) is 23.4 Å². The molecule has 144 valence electrons. The summed E-state index contributed by atoms with van der Waals surface area (Å²) >= 11 is 3.34. The van der Waals surface area contributed by atoms with E-state index in [0.717, 1.165) is 9.37 Å². The van der Waals surface area contributed by atoms with Gasteiger partial charge in [0.15, 0.2) is 0 Å². The minimum atomic E-state index is -0.400. The van der Waals surface area contributed by atoms with Crippen molar-refractivity contribution in [2.45, 2.75) is 6.42 Å². The summed E-state index contributed by atoms with van der Waals surface area (Å²) in [4.78, 5) is 51.4. The predicted octanol–water partition coefficient (Wildman–Crippen LogP) is 2.53. The number of likely N-dealkylation sites (N-methyl/N-ethyl adjacent to an activating group) is 1. The highest BCUT2D eigenvalue weighted by Gasteiger charge is 2.35. The quantitative estimate of drug-likeness (QED) is 0.694. The van der Waals surface area contributed by atoms with Gasteiger partial charge in [-0.1, -0.05) is 24.3 Å². The van der Waals surface area contributed by atoms with E-state index in [1.165, 1.54) is 11.9 Å². The van der Waals surface area contributed by atoms with Gasteiger partial charge in [0, 0.05) is 24.5 Å². The summed E-state index contributed by atoms with van der Waals surface area (Å²) < 4.78 is 0.739. The van der Waals surface area contributed by atoms with E-state index in [1.54, 1.807) is 42.5 Å². The number of halogens is 1. The highest BCUT2D eigenvalue weighted by atomic mass is 79.9. The number of anilines is 1. The first-order valence-corrected chi connectivity index (χ1v) is 9.41. The number of benzene rings is 2. The minimum absolute atomic E-state index is 0.0264. The van der Waals surface area contributed by atoms with Gasteiger partial charge in [-0.2, -0.15) is 0 Å². The molecule has 2 aromatic carbocycles. The van der Waals surface area contributed by atoms with Crippen LogP contribution in [-0.2, 0) is 9.59 Å². The predicted molar refractivity (Wildman–Crippen MR) is 107 cm³/mol. The van der Waals surface area contributed by atoms with E-state index in [-0.39, 0.29) is 31.3 Å². The number of nitrogens with zero attached hydrogens (tertiary/aromatic N) is 2. The maximum absolute atomic E-state index is 12.3. The van der Waals surface area contributed by atoms with Crippen molar-refractivity contribution >= 4 is 45.2 Å². The second-order valence-corrected chi connectivity index (χ2v) is 7.19. The summed E-state index contributed by atoms with van der Waals surface area (Å²) in [6.07, 6.45) is -0.0513. The number of para-hydroxylation sites is 1. The van der Waals surface area contributed by atoms with Crippen molar-refractivity contribution in [3.63, 3.8) is 0 Å². The summed E-state index contributed by atoms with van der Waals surface area (Å²) in [6, 6.07) is 13.7. The Morgan fingerprint density at radius 1 is 1.00 bits per heavy atom. The molecule has 0 aliphatic carbocycles. The van der Waals surface area contributed by atoms with Gasteiger partial charge in [0.25, 0.3) is 11.8 Å². The zero-order valence-electron chi connectivity index (χ0n) is 15.1. The molecule has 0 saturated heterocycles. The fraction of sp³-hybridized carbons (Fsp3) is 0.200. The molecule has 0 unspecified atom stereocenters. The van der Waals surface area contributed by atoms with Crippen molar-refractivity contribution in [2.75, 3.05) is 25.5 Å². The summed E-state index contributed by atoms with van der Waals surface area (Å²) in [5.41, 5.74) is 1.31. The first-order chi connectivity index (χ1) is 13.4. The Kier molecular flexibility index (Phi) is 5.89. The van der Waals surface area contributed by atoms with Gasteiger partial charge in [-0.15, -0.1) is 0 Å². The maximum Gasteiger partial charge on any atom is 0.261 e. The lowest BCUT2D eigenvalue weighted by Crippen LogP contribution is -2.38. The van der Waals surface area contributed by atoms with Crippen LogP contribution in [0.15, 0.2) is 53.0 Å². The average molecular weight is 444 g/mol. The average Bonchev–Trinajstić information content (AvgIpc) is 2.92. The number of fused-ring (bicyclic) bond motifs is 1. The number of carbonyl (C=O) groups excluding carboxylic acids is 4. The van der Waals surface area contributed by atoms with Gasteiger partial charge >= 0.3 is 0 Å². The highest BCUT2D eigenvalue weighted by Crippen LogP contribution is 2.23. The molecule has 8 heteroatoms. The van der Waals surface area contributed by atoms with Crippen molar-refractivity contribution < 1.29 is 19.2 Å². The molecule has 0 atom stereocenters. The van der Waals surface area contributed by atoms with Gasteiger partial charge < -0.3 is 10.2 Å². The van der Waals surface area contributed by atoms with E-state index in [0.29, 0.717) is 16.8 Å². The summed E-state index contributed by atoms with van der Waals surface area (Å²) in [6.45, 7) is -0.163. The molecule has 1 aliphatic rings. The van der Waals surface area contributed by atoms with E-state index >= 15 is 0 Å². The maximum atomic E-state index is 12.3. The molecule has 1 heterocycles. The third-order valence-electron chi connectivity index (χ3n) is 4.38. The Labute approximate surface area is 170 Å². The van der Waals surface area contributed by atoms with Gasteiger partial charge in [-0.3, -0.25) is 24.1 Å². The fourth-order valence-electron chi connectivity index (χ4n) is 2.90. The number of hydrogen-bond acceptors (Lipinski definition) is 4. The minimum Gasteiger partial charge on any atom is -0.336 e. The molecule has 1 N–H and O–H groups in total. The molecule has 3 rings (SSSR count). The van der Waals surface area contributed by atoms with E-state index < -0.39 is 11.8 Å². The van der Waals surface area contributed by atoms with Gasteiger partial charge in [-0.05, 0) is 40.2 Å². The van der Waals surface area contributed by atoms with E-state index in [9.17, 15) is 19.2 Å². The smallest absolute Gasteiger partial charge is 0.261 e. The van der Waals surface area contributed by atoms with Crippen LogP contribution in [0.5, 0.6) is 0 Å². The van der Waals surface area contributed by atoms with Crippen LogP contribution in [0.25, 0.3) is 0 Å². The Morgan fingerprint density at radius 3 is 2.18 bits per heavy atom. The fourth-order valence-corrected chi connectivity index (χ4v) is 3.28. The molecule has 0 radical (unpaired) electrons. The number of hydrogen-bond donors (Lipinski definition) is 1. The lowest BCUT2D eigenvalue weighted by Gasteiger charge is -2.19. The Morgan fingerprint density at radius 2 is 1.57 bits per heavy atom. The number of amides is 4. The van der Waals surface area contributed by atoms with Crippen molar-refractivity contribution in [2.24, 2.45) is 0 Å². The molecule has 0 fully saturated rings. The third-order valence-corrected chi connectivity index (χ3v) is 5.07. The molecule has 7 nitrogen and oxygen atoms in total. The molecular formula is C20H18BrN3O4. The van der Waals surface area contributed by atoms with Crippen molar-refractivity contribution in [3.8, 4) is 0 Å². The molecule has 28 heavy (non-hydrogen) atoms. The SMILES string of the molecule is CN(CC(=O)Nc1ccccc1Br)C(=O)CCN1C(=O)c2ccccc2C1=O. The number of imide groups is 1. The molecule has 0 saturated carbocycles. The Balaban J connectivity index is 1.52. The Hall–Kier alpha value is -3.00. The number of carbonyl (C=O) groups is 4. The van der Waals surface area contributed by atoms with Crippen LogP contribution in [0.3, 0.4) is 0 Å². The van der Waals surface area contributed by atoms with Crippen LogP contribution in [-0.4, -0.2) is 53.6 Å². The van der Waals surface area contributed by atoms with Crippen LogP contribution < -0.4 is 5.32 Å². The molecule has 0 bridgehead atoms. The monoisotopic (exact) mass is 443 g/mol. The molecule has 0 spiro atoms. The van der Waals surface area contributed by atoms with Crippen molar-refractivity contribution in [3.05, 3.63) is 64.1 Å². The van der Waals surface area contributed by atoms with Gasteiger partial charge in [0.2, 0.25) is 11.8 Å². The lowest BCUT2D eigenvalue weighted by atomic mass is 10.1. The van der Waals surface area contributed by atoms with E-state index in [2.05, 4.69) is 21.2 Å². The van der Waals surface area contributed by atoms with Gasteiger partial charge in [-0.25, -0.2) is 0 Å². The molecule has 0 aromatic heterocycles. The lowest BCUT2D eigenvalue weighted by molar-refractivity contribution is -0.133. The van der Waals surface area contributed by atoms with Crippen LogP contribution >= 0.6 is 15.9 Å². The zero-order chi connectivity index (χ0) is 20.3. The van der Waals surface area contributed by atoms with Gasteiger partial charge in [0.1, 0.15) is 0 Å². The molecule has 4 amide bonds. The van der Waals surface area contributed by atoms with Crippen LogP contribution in [0.4, 0.5) is 5.69 Å².